The molecule has 2 atom stereocenters. The Labute approximate surface area is 172 Å². The van der Waals surface area contributed by atoms with Crippen LogP contribution in [0.2, 0.25) is 0 Å². The Hall–Kier alpha value is -1.07. The molecule has 4 nitrogen and oxygen atoms in total. The second kappa shape index (κ2) is 10.5. The number of benzene rings is 1. The third kappa shape index (κ3) is 5.71. The summed E-state index contributed by atoms with van der Waals surface area (Å²) in [5.41, 5.74) is 5.97. The van der Waals surface area contributed by atoms with E-state index in [-0.39, 0.29) is 6.04 Å². The summed E-state index contributed by atoms with van der Waals surface area (Å²) in [4.78, 5) is 2.40. The lowest BCUT2D eigenvalue weighted by Crippen LogP contribution is -2.39. The summed E-state index contributed by atoms with van der Waals surface area (Å²) in [7, 11) is 2.20. The molecule has 3 rings (SSSR count). The molecule has 0 spiro atoms. The Kier molecular flexibility index (Phi) is 8.01. The molecular formula is C22H34BrN3O. The number of likely N-dealkylation sites (tertiary alicyclic amines) is 1. The summed E-state index contributed by atoms with van der Waals surface area (Å²) in [6, 6.07) is 6.77. The third-order valence-electron chi connectivity index (χ3n) is 5.76. The molecule has 0 radical (unpaired) electrons. The van der Waals surface area contributed by atoms with E-state index in [2.05, 4.69) is 63.5 Å². The van der Waals surface area contributed by atoms with Crippen molar-refractivity contribution in [1.29, 1.82) is 0 Å². The molecule has 0 amide bonds. The van der Waals surface area contributed by atoms with E-state index in [0.717, 1.165) is 42.8 Å². The first-order chi connectivity index (χ1) is 13.2. The monoisotopic (exact) mass is 435 g/mol. The van der Waals surface area contributed by atoms with E-state index in [4.69, 9.17) is 4.74 Å². The van der Waals surface area contributed by atoms with E-state index in [9.17, 15) is 0 Å². The SMILES string of the molecule is CCCCCCCCCOc1ccc(C2NN=C3CCN(C)CC32)cc1Br. The van der Waals surface area contributed by atoms with Crippen LogP contribution in [0.15, 0.2) is 27.8 Å². The number of halogens is 1. The van der Waals surface area contributed by atoms with Gasteiger partial charge < -0.3 is 15.1 Å². The lowest BCUT2D eigenvalue weighted by Gasteiger charge is -2.31. The maximum absolute atomic E-state index is 6.00. The first kappa shape index (κ1) is 20.7. The molecule has 2 unspecified atom stereocenters. The number of piperidine rings is 1. The fraction of sp³-hybridized carbons (Fsp3) is 0.682. The molecular weight excluding hydrogens is 402 g/mol. The minimum atomic E-state index is 0.274. The standard InChI is InChI=1S/C22H34BrN3O/c1-3-4-5-6-7-8-9-14-27-21-11-10-17(15-19(21)23)22-18-16-26(2)13-12-20(18)24-25-22/h10-11,15,18,22,25H,3-9,12-14,16H2,1-2H3. The first-order valence-electron chi connectivity index (χ1n) is 10.6. The summed E-state index contributed by atoms with van der Waals surface area (Å²) in [5.74, 6) is 1.43. The Morgan fingerprint density at radius 1 is 1.19 bits per heavy atom. The number of nitrogens with zero attached hydrogens (tertiary/aromatic N) is 2. The molecule has 2 aliphatic rings. The van der Waals surface area contributed by atoms with Crippen LogP contribution in [0.5, 0.6) is 5.75 Å². The van der Waals surface area contributed by atoms with Crippen molar-refractivity contribution < 1.29 is 4.74 Å². The second-order valence-electron chi connectivity index (χ2n) is 7.99. The lowest BCUT2D eigenvalue weighted by molar-refractivity contribution is 0.272. The van der Waals surface area contributed by atoms with Gasteiger partial charge >= 0.3 is 0 Å². The van der Waals surface area contributed by atoms with Crippen molar-refractivity contribution in [3.05, 3.63) is 28.2 Å². The molecule has 0 bridgehead atoms. The molecule has 1 fully saturated rings. The number of rotatable bonds is 10. The number of ether oxygens (including phenoxy) is 1. The highest BCUT2D eigenvalue weighted by Gasteiger charge is 2.36. The quantitative estimate of drug-likeness (QED) is 0.490. The number of hydrazone groups is 1. The summed E-state index contributed by atoms with van der Waals surface area (Å²) in [5, 5.41) is 4.59. The molecule has 5 heteroatoms. The molecule has 1 N–H and O–H groups in total. The van der Waals surface area contributed by atoms with Crippen molar-refractivity contribution in [2.24, 2.45) is 11.0 Å². The molecule has 1 aromatic carbocycles. The van der Waals surface area contributed by atoms with Gasteiger partial charge in [0.25, 0.3) is 0 Å². The van der Waals surface area contributed by atoms with Gasteiger partial charge in [-0.05, 0) is 47.1 Å². The minimum absolute atomic E-state index is 0.274. The Morgan fingerprint density at radius 2 is 1.96 bits per heavy atom. The molecule has 150 valence electrons. The van der Waals surface area contributed by atoms with Gasteiger partial charge in [0, 0.05) is 31.1 Å². The predicted molar refractivity (Wildman–Crippen MR) is 117 cm³/mol. The molecule has 2 heterocycles. The molecule has 27 heavy (non-hydrogen) atoms. The normalized spacial score (nSPS) is 22.3. The molecule has 0 saturated carbocycles. The highest BCUT2D eigenvalue weighted by Crippen LogP contribution is 2.35. The largest absolute Gasteiger partial charge is 0.492 e. The third-order valence-corrected chi connectivity index (χ3v) is 6.38. The van der Waals surface area contributed by atoms with Crippen molar-refractivity contribution in [3.8, 4) is 5.75 Å². The van der Waals surface area contributed by atoms with Crippen LogP contribution in [0.25, 0.3) is 0 Å². The van der Waals surface area contributed by atoms with E-state index in [1.165, 1.54) is 49.8 Å². The van der Waals surface area contributed by atoms with Gasteiger partial charge in [0.1, 0.15) is 5.75 Å². The maximum atomic E-state index is 6.00. The Bertz CT molecular complexity index is 634. The van der Waals surface area contributed by atoms with Crippen LogP contribution in [0, 0.1) is 5.92 Å². The predicted octanol–water partition coefficient (Wildman–Crippen LogP) is 5.53. The molecule has 2 aliphatic heterocycles. The molecule has 0 aliphatic carbocycles. The van der Waals surface area contributed by atoms with Gasteiger partial charge in [-0.1, -0.05) is 51.5 Å². The summed E-state index contributed by atoms with van der Waals surface area (Å²) < 4.78 is 7.05. The van der Waals surface area contributed by atoms with Crippen LogP contribution >= 0.6 is 15.9 Å². The van der Waals surface area contributed by atoms with Crippen molar-refractivity contribution in [3.63, 3.8) is 0 Å². The number of hydrogen-bond acceptors (Lipinski definition) is 4. The fourth-order valence-corrected chi connectivity index (χ4v) is 4.59. The van der Waals surface area contributed by atoms with E-state index in [1.54, 1.807) is 0 Å². The van der Waals surface area contributed by atoms with E-state index in [0.29, 0.717) is 5.92 Å². The van der Waals surface area contributed by atoms with Crippen LogP contribution in [-0.2, 0) is 0 Å². The maximum Gasteiger partial charge on any atom is 0.133 e. The fourth-order valence-electron chi connectivity index (χ4n) is 4.08. The van der Waals surface area contributed by atoms with Crippen LogP contribution < -0.4 is 10.2 Å². The topological polar surface area (TPSA) is 36.9 Å². The van der Waals surface area contributed by atoms with E-state index in [1.807, 2.05) is 0 Å². The van der Waals surface area contributed by atoms with Gasteiger partial charge in [-0.25, -0.2) is 0 Å². The molecule has 0 aromatic heterocycles. The summed E-state index contributed by atoms with van der Waals surface area (Å²) >= 11 is 3.70. The van der Waals surface area contributed by atoms with Crippen LogP contribution in [0.1, 0.15) is 69.9 Å². The summed E-state index contributed by atoms with van der Waals surface area (Å²) in [6.07, 6.45) is 10.2. The van der Waals surface area contributed by atoms with Gasteiger partial charge in [-0.15, -0.1) is 0 Å². The minimum Gasteiger partial charge on any atom is -0.492 e. The average molecular weight is 436 g/mol. The van der Waals surface area contributed by atoms with Crippen molar-refractivity contribution in [2.45, 2.75) is 64.3 Å². The molecule has 1 aromatic rings. The number of fused-ring (bicyclic) bond motifs is 1. The Morgan fingerprint density at radius 3 is 2.74 bits per heavy atom. The van der Waals surface area contributed by atoms with E-state index < -0.39 is 0 Å². The highest BCUT2D eigenvalue weighted by molar-refractivity contribution is 9.10. The lowest BCUT2D eigenvalue weighted by atomic mass is 9.86. The van der Waals surface area contributed by atoms with Crippen molar-refractivity contribution in [1.82, 2.24) is 10.3 Å². The van der Waals surface area contributed by atoms with Gasteiger partial charge in [0.05, 0.1) is 17.1 Å². The first-order valence-corrected chi connectivity index (χ1v) is 11.4. The van der Waals surface area contributed by atoms with Gasteiger partial charge in [0.2, 0.25) is 0 Å². The number of hydrogen-bond donors (Lipinski definition) is 1. The van der Waals surface area contributed by atoms with Crippen molar-refractivity contribution in [2.75, 3.05) is 26.7 Å². The number of nitrogens with one attached hydrogen (secondary N) is 1. The zero-order valence-corrected chi connectivity index (χ0v) is 18.4. The van der Waals surface area contributed by atoms with Gasteiger partial charge in [-0.3, -0.25) is 0 Å². The molecule has 1 saturated heterocycles. The average Bonchev–Trinajstić information content (AvgIpc) is 3.08. The van der Waals surface area contributed by atoms with Gasteiger partial charge in [0.15, 0.2) is 0 Å². The second-order valence-corrected chi connectivity index (χ2v) is 8.84. The summed E-state index contributed by atoms with van der Waals surface area (Å²) in [6.45, 7) is 5.25. The Balaban J connectivity index is 1.45. The van der Waals surface area contributed by atoms with Crippen LogP contribution in [0.3, 0.4) is 0 Å². The zero-order valence-electron chi connectivity index (χ0n) is 16.8. The van der Waals surface area contributed by atoms with E-state index >= 15 is 0 Å². The highest BCUT2D eigenvalue weighted by atomic mass is 79.9. The number of unbranched alkanes of at least 4 members (excludes halogenated alkanes) is 6. The van der Waals surface area contributed by atoms with Gasteiger partial charge in [-0.2, -0.15) is 5.10 Å². The van der Waals surface area contributed by atoms with Crippen molar-refractivity contribution >= 4 is 21.6 Å². The zero-order chi connectivity index (χ0) is 19.1. The van der Waals surface area contributed by atoms with Crippen LogP contribution in [0.4, 0.5) is 0 Å². The smallest absolute Gasteiger partial charge is 0.133 e. The van der Waals surface area contributed by atoms with Crippen LogP contribution in [-0.4, -0.2) is 37.4 Å².